The molecule has 0 amide bonds. The molecule has 1 heteroatoms. The van der Waals surface area contributed by atoms with Crippen molar-refractivity contribution in [2.24, 2.45) is 0 Å². The number of fused-ring (bicyclic) bond motifs is 1. The van der Waals surface area contributed by atoms with E-state index in [0.717, 1.165) is 17.6 Å². The van der Waals surface area contributed by atoms with Crippen LogP contribution >= 0.6 is 0 Å². The van der Waals surface area contributed by atoms with E-state index in [1.807, 2.05) is 26.8 Å². The lowest BCUT2D eigenvalue weighted by molar-refractivity contribution is 1.14. The van der Waals surface area contributed by atoms with Crippen LogP contribution in [0.3, 0.4) is 0 Å². The summed E-state index contributed by atoms with van der Waals surface area (Å²) >= 11 is 0. The van der Waals surface area contributed by atoms with Crippen molar-refractivity contribution in [3.63, 3.8) is 0 Å². The summed E-state index contributed by atoms with van der Waals surface area (Å²) in [5.41, 5.74) is 3.55. The van der Waals surface area contributed by atoms with E-state index in [-0.39, 0.29) is 0 Å². The average molecular weight is 201 g/mol. The van der Waals surface area contributed by atoms with Gasteiger partial charge in [-0.15, -0.1) is 0 Å². The molecule has 1 heterocycles. The molecule has 1 aromatic heterocycles. The number of aromatic nitrogens is 1. The first-order valence-corrected chi connectivity index (χ1v) is 5.66. The van der Waals surface area contributed by atoms with Crippen molar-refractivity contribution >= 4 is 10.9 Å². The largest absolute Gasteiger partial charge is 0.253 e. The minimum atomic E-state index is 1.07. The molecule has 1 nitrogen and oxygen atoms in total. The van der Waals surface area contributed by atoms with Gasteiger partial charge >= 0.3 is 0 Å². The van der Waals surface area contributed by atoms with Crippen LogP contribution in [-0.4, -0.2) is 4.98 Å². The van der Waals surface area contributed by atoms with E-state index in [9.17, 15) is 0 Å². The fourth-order valence-corrected chi connectivity index (χ4v) is 1.48. The summed E-state index contributed by atoms with van der Waals surface area (Å²) in [7, 11) is 0. The summed E-state index contributed by atoms with van der Waals surface area (Å²) in [6.07, 6.45) is 1.07. The molecular weight excluding hydrogens is 182 g/mol. The maximum Gasteiger partial charge on any atom is 0.0707 e. The molecule has 0 aliphatic rings. The maximum atomic E-state index is 4.48. The molecular formula is C14H19N. The van der Waals surface area contributed by atoms with Crippen molar-refractivity contribution in [3.8, 4) is 0 Å². The van der Waals surface area contributed by atoms with Gasteiger partial charge in [-0.3, -0.25) is 4.98 Å². The van der Waals surface area contributed by atoms with Crippen LogP contribution in [0.15, 0.2) is 30.3 Å². The van der Waals surface area contributed by atoms with E-state index in [0.29, 0.717) is 0 Å². The van der Waals surface area contributed by atoms with Gasteiger partial charge in [-0.25, -0.2) is 0 Å². The van der Waals surface area contributed by atoms with Gasteiger partial charge in [-0.1, -0.05) is 39.0 Å². The Bertz CT molecular complexity index is 432. The molecule has 0 bridgehead atoms. The SMILES string of the molecule is CC.CCc1ccc2ccc(C)nc2c1. The Balaban J connectivity index is 0.000000531. The number of aryl methyl sites for hydroxylation is 2. The first-order valence-electron chi connectivity index (χ1n) is 5.66. The Kier molecular flexibility index (Phi) is 4.29. The van der Waals surface area contributed by atoms with E-state index in [2.05, 4.69) is 36.2 Å². The molecule has 0 saturated heterocycles. The topological polar surface area (TPSA) is 12.9 Å². The van der Waals surface area contributed by atoms with Crippen LogP contribution in [0.5, 0.6) is 0 Å². The number of nitrogens with zero attached hydrogens (tertiary/aromatic N) is 1. The predicted molar refractivity (Wildman–Crippen MR) is 67.2 cm³/mol. The van der Waals surface area contributed by atoms with Gasteiger partial charge in [-0.05, 0) is 31.0 Å². The van der Waals surface area contributed by atoms with E-state index >= 15 is 0 Å². The second-order valence-electron chi connectivity index (χ2n) is 3.33. The van der Waals surface area contributed by atoms with Gasteiger partial charge in [0.25, 0.3) is 0 Å². The Labute approximate surface area is 92.2 Å². The van der Waals surface area contributed by atoms with Gasteiger partial charge in [0.1, 0.15) is 0 Å². The van der Waals surface area contributed by atoms with Crippen LogP contribution in [-0.2, 0) is 6.42 Å². The molecule has 2 rings (SSSR count). The number of rotatable bonds is 1. The summed E-state index contributed by atoms with van der Waals surface area (Å²) in [5, 5.41) is 1.22. The maximum absolute atomic E-state index is 4.48. The quantitative estimate of drug-likeness (QED) is 0.676. The van der Waals surface area contributed by atoms with Crippen LogP contribution in [0.2, 0.25) is 0 Å². The van der Waals surface area contributed by atoms with Gasteiger partial charge in [0.2, 0.25) is 0 Å². The molecule has 0 unspecified atom stereocenters. The zero-order valence-corrected chi connectivity index (χ0v) is 10.0. The molecule has 2 aromatic rings. The summed E-state index contributed by atoms with van der Waals surface area (Å²) in [6, 6.07) is 10.6. The minimum Gasteiger partial charge on any atom is -0.253 e. The number of hydrogen-bond acceptors (Lipinski definition) is 1. The van der Waals surface area contributed by atoms with Crippen molar-refractivity contribution < 1.29 is 0 Å². The van der Waals surface area contributed by atoms with Gasteiger partial charge in [0.05, 0.1) is 5.52 Å². The highest BCUT2D eigenvalue weighted by molar-refractivity contribution is 5.79. The molecule has 1 aromatic carbocycles. The molecule has 0 aliphatic heterocycles. The fraction of sp³-hybridized carbons (Fsp3) is 0.357. The van der Waals surface area contributed by atoms with E-state index < -0.39 is 0 Å². The van der Waals surface area contributed by atoms with Crippen LogP contribution in [0.1, 0.15) is 32.0 Å². The molecule has 0 atom stereocenters. The van der Waals surface area contributed by atoms with Crippen molar-refractivity contribution in [1.29, 1.82) is 0 Å². The van der Waals surface area contributed by atoms with Gasteiger partial charge in [-0.2, -0.15) is 0 Å². The van der Waals surface area contributed by atoms with E-state index in [1.165, 1.54) is 10.9 Å². The summed E-state index contributed by atoms with van der Waals surface area (Å²) < 4.78 is 0. The van der Waals surface area contributed by atoms with Gasteiger partial charge in [0.15, 0.2) is 0 Å². The normalized spacial score (nSPS) is 9.60. The zero-order chi connectivity index (χ0) is 11.3. The second kappa shape index (κ2) is 5.50. The molecule has 80 valence electrons. The zero-order valence-electron chi connectivity index (χ0n) is 10.0. The summed E-state index contributed by atoms with van der Waals surface area (Å²) in [6.45, 7) is 8.19. The third-order valence-corrected chi connectivity index (χ3v) is 2.30. The van der Waals surface area contributed by atoms with Gasteiger partial charge in [0, 0.05) is 11.1 Å². The molecule has 0 radical (unpaired) electrons. The smallest absolute Gasteiger partial charge is 0.0707 e. The van der Waals surface area contributed by atoms with Crippen molar-refractivity contribution in [3.05, 3.63) is 41.6 Å². The Morgan fingerprint density at radius 2 is 1.73 bits per heavy atom. The Morgan fingerprint density at radius 3 is 2.40 bits per heavy atom. The molecule has 0 spiro atoms. The number of pyridine rings is 1. The van der Waals surface area contributed by atoms with E-state index in [1.54, 1.807) is 0 Å². The second-order valence-corrected chi connectivity index (χ2v) is 3.33. The third-order valence-electron chi connectivity index (χ3n) is 2.30. The Morgan fingerprint density at radius 1 is 1.07 bits per heavy atom. The molecule has 0 aliphatic carbocycles. The fourth-order valence-electron chi connectivity index (χ4n) is 1.48. The summed E-state index contributed by atoms with van der Waals surface area (Å²) in [5.74, 6) is 0. The lowest BCUT2D eigenvalue weighted by Gasteiger charge is -2.01. The Hall–Kier alpha value is -1.37. The van der Waals surface area contributed by atoms with Crippen LogP contribution in [0, 0.1) is 6.92 Å². The molecule has 0 N–H and O–H groups in total. The van der Waals surface area contributed by atoms with Gasteiger partial charge < -0.3 is 0 Å². The first-order chi connectivity index (χ1) is 7.29. The molecule has 0 saturated carbocycles. The predicted octanol–water partition coefficient (Wildman–Crippen LogP) is 4.13. The van der Waals surface area contributed by atoms with Crippen molar-refractivity contribution in [1.82, 2.24) is 4.98 Å². The monoisotopic (exact) mass is 201 g/mol. The lowest BCUT2D eigenvalue weighted by atomic mass is 10.1. The van der Waals surface area contributed by atoms with Crippen molar-refractivity contribution in [2.75, 3.05) is 0 Å². The van der Waals surface area contributed by atoms with Crippen molar-refractivity contribution in [2.45, 2.75) is 34.1 Å². The van der Waals surface area contributed by atoms with Crippen LogP contribution in [0.4, 0.5) is 0 Å². The van der Waals surface area contributed by atoms with Crippen LogP contribution in [0.25, 0.3) is 10.9 Å². The number of benzene rings is 1. The molecule has 15 heavy (non-hydrogen) atoms. The van der Waals surface area contributed by atoms with Crippen LogP contribution < -0.4 is 0 Å². The molecule has 0 fully saturated rings. The summed E-state index contributed by atoms with van der Waals surface area (Å²) in [4.78, 5) is 4.48. The third kappa shape index (κ3) is 2.79. The lowest BCUT2D eigenvalue weighted by Crippen LogP contribution is -1.85. The number of hydrogen-bond donors (Lipinski definition) is 0. The highest BCUT2D eigenvalue weighted by Gasteiger charge is 1.96. The minimum absolute atomic E-state index is 1.07. The standard InChI is InChI=1S/C12H13N.C2H6/c1-3-10-5-7-11-6-4-9(2)13-12(11)8-10;1-2/h4-8H,3H2,1-2H3;1-2H3. The average Bonchev–Trinajstić information content (AvgIpc) is 2.30. The van der Waals surface area contributed by atoms with E-state index in [4.69, 9.17) is 0 Å². The highest BCUT2D eigenvalue weighted by Crippen LogP contribution is 2.14. The first kappa shape index (κ1) is 11.7. The highest BCUT2D eigenvalue weighted by atomic mass is 14.7.